The summed E-state index contributed by atoms with van der Waals surface area (Å²) in [6.45, 7) is 0. The summed E-state index contributed by atoms with van der Waals surface area (Å²) >= 11 is 0. The Morgan fingerprint density at radius 2 is 2.33 bits per heavy atom. The molecule has 0 saturated carbocycles. The van der Waals surface area contributed by atoms with Gasteiger partial charge >= 0.3 is 0 Å². The molecule has 12 heavy (non-hydrogen) atoms. The molecule has 0 bridgehead atoms. The van der Waals surface area contributed by atoms with Crippen LogP contribution in [0.3, 0.4) is 0 Å². The molecule has 4 nitrogen and oxygen atoms in total. The molecule has 0 spiro atoms. The lowest BCUT2D eigenvalue weighted by atomic mass is 10.2. The molecule has 1 aromatic rings. The van der Waals surface area contributed by atoms with Gasteiger partial charge in [0.05, 0.1) is 17.3 Å². The van der Waals surface area contributed by atoms with E-state index in [0.717, 1.165) is 5.01 Å². The van der Waals surface area contributed by atoms with Crippen LogP contribution in [0, 0.1) is 11.3 Å². The monoisotopic (exact) mass is 161 g/mol. The highest BCUT2D eigenvalue weighted by molar-refractivity contribution is 5.73. The Morgan fingerprint density at radius 3 is 2.92 bits per heavy atom. The molecule has 1 rings (SSSR count). The zero-order valence-electron chi connectivity index (χ0n) is 6.27. The zero-order valence-corrected chi connectivity index (χ0v) is 6.27. The second-order valence-electron chi connectivity index (χ2n) is 2.17. The number of nitrogens with two attached hydrogens (primary N) is 1. The predicted molar refractivity (Wildman–Crippen MR) is 43.9 cm³/mol. The van der Waals surface area contributed by atoms with Gasteiger partial charge in [0.15, 0.2) is 0 Å². The minimum absolute atomic E-state index is 0.477. The van der Waals surface area contributed by atoms with Gasteiger partial charge in [0, 0.05) is 0 Å². The minimum atomic E-state index is 0.477. The van der Waals surface area contributed by atoms with Crippen molar-refractivity contribution in [2.45, 2.75) is 0 Å². The topological polar surface area (TPSA) is 70.1 Å². The van der Waals surface area contributed by atoms with Crippen molar-refractivity contribution in [1.82, 2.24) is 0 Å². The Kier molecular flexibility index (Phi) is 2.41. The van der Waals surface area contributed by atoms with Crippen molar-refractivity contribution >= 4 is 12.1 Å². The number of benzene rings is 1. The average Bonchev–Trinajstić information content (AvgIpc) is 2.17. The Morgan fingerprint density at radius 1 is 1.58 bits per heavy atom. The lowest BCUT2D eigenvalue weighted by molar-refractivity contribution is -0.107. The number of hydrogen-bond donors (Lipinski definition) is 1. The van der Waals surface area contributed by atoms with Crippen LogP contribution in [0.4, 0.5) is 5.69 Å². The Labute approximate surface area is 69.8 Å². The van der Waals surface area contributed by atoms with E-state index >= 15 is 0 Å². The largest absolute Gasteiger partial charge is 0.277 e. The third-order valence-corrected chi connectivity index (χ3v) is 1.39. The number of carbonyl (C=O) groups is 1. The van der Waals surface area contributed by atoms with E-state index in [2.05, 4.69) is 0 Å². The summed E-state index contributed by atoms with van der Waals surface area (Å²) in [5, 5.41) is 9.44. The summed E-state index contributed by atoms with van der Waals surface area (Å²) < 4.78 is 0. The third-order valence-electron chi connectivity index (χ3n) is 1.39. The first-order chi connectivity index (χ1) is 5.77. The van der Waals surface area contributed by atoms with Gasteiger partial charge < -0.3 is 0 Å². The molecule has 60 valence electrons. The van der Waals surface area contributed by atoms with Crippen molar-refractivity contribution in [2.24, 2.45) is 5.84 Å². The fourth-order valence-corrected chi connectivity index (χ4v) is 0.797. The smallest absolute Gasteiger partial charge is 0.228 e. The zero-order chi connectivity index (χ0) is 8.97. The van der Waals surface area contributed by atoms with E-state index < -0.39 is 0 Å². The third kappa shape index (κ3) is 1.59. The van der Waals surface area contributed by atoms with Gasteiger partial charge in [0.25, 0.3) is 0 Å². The van der Waals surface area contributed by atoms with Crippen LogP contribution in [0.15, 0.2) is 24.3 Å². The van der Waals surface area contributed by atoms with Gasteiger partial charge in [-0.05, 0) is 18.2 Å². The highest BCUT2D eigenvalue weighted by Gasteiger charge is 1.98. The van der Waals surface area contributed by atoms with Crippen molar-refractivity contribution in [3.8, 4) is 6.07 Å². The normalized spacial score (nSPS) is 8.67. The minimum Gasteiger partial charge on any atom is -0.277 e. The summed E-state index contributed by atoms with van der Waals surface area (Å²) in [4.78, 5) is 10.2. The predicted octanol–water partition coefficient (Wildman–Crippen LogP) is 0.395. The lowest BCUT2D eigenvalue weighted by Gasteiger charge is -2.08. The molecular weight excluding hydrogens is 154 g/mol. The number of hydrazine groups is 1. The van der Waals surface area contributed by atoms with E-state index in [1.54, 1.807) is 18.2 Å². The number of anilines is 1. The molecule has 1 amide bonds. The van der Waals surface area contributed by atoms with E-state index in [1.807, 2.05) is 6.07 Å². The van der Waals surface area contributed by atoms with Crippen LogP contribution in [0.5, 0.6) is 0 Å². The molecule has 4 heteroatoms. The molecule has 0 heterocycles. The Balaban J connectivity index is 3.03. The van der Waals surface area contributed by atoms with Crippen molar-refractivity contribution in [3.05, 3.63) is 29.8 Å². The number of nitrogens with zero attached hydrogens (tertiary/aromatic N) is 2. The van der Waals surface area contributed by atoms with Gasteiger partial charge in [0.2, 0.25) is 6.41 Å². The highest BCUT2D eigenvalue weighted by atomic mass is 16.1. The van der Waals surface area contributed by atoms with Crippen LogP contribution < -0.4 is 10.9 Å². The number of hydrogen-bond acceptors (Lipinski definition) is 3. The molecule has 0 radical (unpaired) electrons. The maximum absolute atomic E-state index is 10.2. The molecule has 0 atom stereocenters. The molecule has 1 aromatic carbocycles. The van der Waals surface area contributed by atoms with Gasteiger partial charge in [-0.1, -0.05) is 6.07 Å². The lowest BCUT2D eigenvalue weighted by Crippen LogP contribution is -2.28. The molecule has 0 aliphatic rings. The first kappa shape index (κ1) is 8.24. The number of rotatable bonds is 2. The molecule has 0 aromatic heterocycles. The van der Waals surface area contributed by atoms with Gasteiger partial charge in [-0.15, -0.1) is 0 Å². The van der Waals surface area contributed by atoms with E-state index in [0.29, 0.717) is 17.7 Å². The summed E-state index contributed by atoms with van der Waals surface area (Å²) in [7, 11) is 0. The quantitative estimate of drug-likeness (QED) is 0.295. The molecule has 0 aliphatic heterocycles. The number of amides is 1. The fourth-order valence-electron chi connectivity index (χ4n) is 0.797. The van der Waals surface area contributed by atoms with Crippen LogP contribution in [-0.2, 0) is 4.79 Å². The van der Waals surface area contributed by atoms with Crippen LogP contribution in [0.1, 0.15) is 5.56 Å². The summed E-state index contributed by atoms with van der Waals surface area (Å²) in [6, 6.07) is 8.44. The van der Waals surface area contributed by atoms with Crippen LogP contribution in [-0.4, -0.2) is 6.41 Å². The SMILES string of the molecule is N#Cc1cccc(N(N)C=O)c1. The second-order valence-corrected chi connectivity index (χ2v) is 2.17. The summed E-state index contributed by atoms with van der Waals surface area (Å²) in [6.07, 6.45) is 0.483. The van der Waals surface area contributed by atoms with E-state index in [1.165, 1.54) is 6.07 Å². The van der Waals surface area contributed by atoms with Crippen molar-refractivity contribution < 1.29 is 4.79 Å². The number of carbonyl (C=O) groups excluding carboxylic acids is 1. The number of nitriles is 1. The molecule has 2 N–H and O–H groups in total. The maximum atomic E-state index is 10.2. The van der Waals surface area contributed by atoms with E-state index in [4.69, 9.17) is 11.1 Å². The molecular formula is C8H7N3O. The second kappa shape index (κ2) is 3.51. The first-order valence-electron chi connectivity index (χ1n) is 3.27. The average molecular weight is 161 g/mol. The van der Waals surface area contributed by atoms with E-state index in [-0.39, 0.29) is 0 Å². The molecule has 0 unspecified atom stereocenters. The maximum Gasteiger partial charge on any atom is 0.228 e. The van der Waals surface area contributed by atoms with Gasteiger partial charge in [0.1, 0.15) is 0 Å². The van der Waals surface area contributed by atoms with Gasteiger partial charge in [-0.2, -0.15) is 5.26 Å². The van der Waals surface area contributed by atoms with Crippen molar-refractivity contribution in [3.63, 3.8) is 0 Å². The Bertz CT molecular complexity index is 329. The van der Waals surface area contributed by atoms with Gasteiger partial charge in [-0.3, -0.25) is 9.80 Å². The fraction of sp³-hybridized carbons (Fsp3) is 0. The summed E-state index contributed by atoms with van der Waals surface area (Å²) in [5.41, 5.74) is 0.980. The van der Waals surface area contributed by atoms with Crippen LogP contribution >= 0.6 is 0 Å². The van der Waals surface area contributed by atoms with Crippen molar-refractivity contribution in [1.29, 1.82) is 5.26 Å². The van der Waals surface area contributed by atoms with Gasteiger partial charge in [-0.25, -0.2) is 5.84 Å². The standard InChI is InChI=1S/C8H7N3O/c9-5-7-2-1-3-8(4-7)11(10)6-12/h1-4,6H,10H2. The van der Waals surface area contributed by atoms with Crippen LogP contribution in [0.25, 0.3) is 0 Å². The van der Waals surface area contributed by atoms with Crippen molar-refractivity contribution in [2.75, 3.05) is 5.01 Å². The molecule has 0 saturated heterocycles. The summed E-state index contributed by atoms with van der Waals surface area (Å²) in [5.74, 6) is 5.27. The highest BCUT2D eigenvalue weighted by Crippen LogP contribution is 2.10. The van der Waals surface area contributed by atoms with Crippen LogP contribution in [0.2, 0.25) is 0 Å². The van der Waals surface area contributed by atoms with E-state index in [9.17, 15) is 4.79 Å². The Hall–Kier alpha value is -1.86. The molecule has 0 aliphatic carbocycles. The molecule has 0 fully saturated rings. The first-order valence-corrected chi connectivity index (χ1v) is 3.27.